The van der Waals surface area contributed by atoms with Crippen LogP contribution in [0.1, 0.15) is 10.4 Å². The number of rotatable bonds is 3. The second kappa shape index (κ2) is 6.64. The number of carbonyl (C=O) groups is 1. The molecule has 2 aromatic carbocycles. The number of amides is 1. The van der Waals surface area contributed by atoms with Gasteiger partial charge in [0.15, 0.2) is 0 Å². The number of benzene rings is 2. The van der Waals surface area contributed by atoms with E-state index in [4.69, 9.17) is 23.2 Å². The number of halogens is 4. The third-order valence-corrected chi connectivity index (χ3v) is 4.56. The zero-order chi connectivity index (χ0) is 15.6. The second-order valence-corrected chi connectivity index (χ2v) is 5.70. The molecule has 0 radical (unpaired) electrons. The summed E-state index contributed by atoms with van der Waals surface area (Å²) in [5.41, 5.74) is 0.642. The molecule has 2 aromatic rings. The van der Waals surface area contributed by atoms with E-state index in [1.54, 1.807) is 19.2 Å². The van der Waals surface area contributed by atoms with Gasteiger partial charge in [0.05, 0.1) is 27.0 Å². The van der Waals surface area contributed by atoms with Crippen LogP contribution in [0, 0.1) is 5.82 Å². The van der Waals surface area contributed by atoms with Crippen molar-refractivity contribution in [3.8, 4) is 0 Å². The van der Waals surface area contributed by atoms with Crippen LogP contribution in [0.5, 0.6) is 0 Å². The summed E-state index contributed by atoms with van der Waals surface area (Å²) in [5, 5.41) is 5.78. The first kappa shape index (κ1) is 16.1. The van der Waals surface area contributed by atoms with Gasteiger partial charge < -0.3 is 10.6 Å². The average Bonchev–Trinajstić information content (AvgIpc) is 2.47. The van der Waals surface area contributed by atoms with Gasteiger partial charge in [-0.25, -0.2) is 4.39 Å². The molecular weight excluding hydrogens is 382 g/mol. The monoisotopic (exact) mass is 390 g/mol. The minimum atomic E-state index is -0.509. The Bertz CT molecular complexity index is 710. The van der Waals surface area contributed by atoms with Crippen molar-refractivity contribution in [1.29, 1.82) is 0 Å². The lowest BCUT2D eigenvalue weighted by molar-refractivity contribution is 0.102. The Morgan fingerprint density at radius 3 is 2.57 bits per heavy atom. The van der Waals surface area contributed by atoms with Gasteiger partial charge in [0, 0.05) is 11.5 Å². The van der Waals surface area contributed by atoms with Crippen molar-refractivity contribution in [3.05, 3.63) is 56.2 Å². The minimum Gasteiger partial charge on any atom is -0.385 e. The number of para-hydroxylation sites is 1. The van der Waals surface area contributed by atoms with Crippen molar-refractivity contribution >= 4 is 56.4 Å². The zero-order valence-electron chi connectivity index (χ0n) is 10.8. The number of anilines is 2. The Morgan fingerprint density at radius 1 is 1.19 bits per heavy atom. The van der Waals surface area contributed by atoms with Crippen molar-refractivity contribution in [1.82, 2.24) is 0 Å². The summed E-state index contributed by atoms with van der Waals surface area (Å²) in [6.45, 7) is 0. The molecule has 2 rings (SSSR count). The van der Waals surface area contributed by atoms with E-state index in [0.717, 1.165) is 0 Å². The van der Waals surface area contributed by atoms with Crippen LogP contribution in [0.15, 0.2) is 34.8 Å². The van der Waals surface area contributed by atoms with Gasteiger partial charge in [-0.2, -0.15) is 0 Å². The zero-order valence-corrected chi connectivity index (χ0v) is 13.9. The molecule has 110 valence electrons. The summed E-state index contributed by atoms with van der Waals surface area (Å²) in [6, 6.07) is 7.51. The van der Waals surface area contributed by atoms with Gasteiger partial charge in [0.2, 0.25) is 0 Å². The highest BCUT2D eigenvalue weighted by Gasteiger charge is 2.16. The molecule has 0 saturated heterocycles. The van der Waals surface area contributed by atoms with Crippen LogP contribution in [0.2, 0.25) is 10.0 Å². The number of hydrogen-bond donors (Lipinski definition) is 2. The van der Waals surface area contributed by atoms with E-state index < -0.39 is 11.7 Å². The first-order chi connectivity index (χ1) is 9.95. The van der Waals surface area contributed by atoms with Gasteiger partial charge in [-0.1, -0.05) is 29.3 Å². The van der Waals surface area contributed by atoms with Crippen molar-refractivity contribution < 1.29 is 9.18 Å². The van der Waals surface area contributed by atoms with Crippen LogP contribution in [0.3, 0.4) is 0 Å². The molecule has 2 N–H and O–H groups in total. The van der Waals surface area contributed by atoms with E-state index in [9.17, 15) is 9.18 Å². The third-order valence-electron chi connectivity index (χ3n) is 2.79. The van der Waals surface area contributed by atoms with Gasteiger partial charge >= 0.3 is 0 Å². The van der Waals surface area contributed by atoms with E-state index in [1.165, 1.54) is 18.2 Å². The Hall–Kier alpha value is -1.30. The Labute approximate surface area is 139 Å². The van der Waals surface area contributed by atoms with Crippen molar-refractivity contribution in [3.63, 3.8) is 0 Å². The van der Waals surface area contributed by atoms with Crippen LogP contribution >= 0.6 is 39.1 Å². The molecule has 0 saturated carbocycles. The van der Waals surface area contributed by atoms with E-state index in [2.05, 4.69) is 26.6 Å². The van der Waals surface area contributed by atoms with E-state index >= 15 is 0 Å². The van der Waals surface area contributed by atoms with E-state index in [-0.39, 0.29) is 16.3 Å². The molecule has 0 aromatic heterocycles. The topological polar surface area (TPSA) is 41.1 Å². The smallest absolute Gasteiger partial charge is 0.257 e. The highest BCUT2D eigenvalue weighted by molar-refractivity contribution is 9.10. The molecular formula is C14H10BrCl2FN2O. The van der Waals surface area contributed by atoms with Crippen LogP contribution in [0.25, 0.3) is 0 Å². The molecule has 1 amide bonds. The Kier molecular flexibility index (Phi) is 5.08. The average molecular weight is 392 g/mol. The summed E-state index contributed by atoms with van der Waals surface area (Å²) >= 11 is 15.3. The number of carbonyl (C=O) groups excluding carboxylic acids is 1. The molecule has 0 aliphatic rings. The summed E-state index contributed by atoms with van der Waals surface area (Å²) in [6.07, 6.45) is 0. The SMILES string of the molecule is CNc1c(F)cccc1C(=O)Nc1ccc(Br)c(Cl)c1Cl. The summed E-state index contributed by atoms with van der Waals surface area (Å²) in [5.74, 6) is -0.996. The summed E-state index contributed by atoms with van der Waals surface area (Å²) in [4.78, 5) is 12.3. The predicted molar refractivity (Wildman–Crippen MR) is 88.1 cm³/mol. The fourth-order valence-corrected chi connectivity index (χ4v) is 2.60. The van der Waals surface area contributed by atoms with Gasteiger partial charge in [0.1, 0.15) is 5.82 Å². The lowest BCUT2D eigenvalue weighted by atomic mass is 10.1. The maximum atomic E-state index is 13.7. The minimum absolute atomic E-state index is 0.120. The molecule has 0 spiro atoms. The van der Waals surface area contributed by atoms with Crippen LogP contribution in [0.4, 0.5) is 15.8 Å². The molecule has 0 atom stereocenters. The maximum Gasteiger partial charge on any atom is 0.257 e. The van der Waals surface area contributed by atoms with Crippen molar-refractivity contribution in [2.75, 3.05) is 17.7 Å². The van der Waals surface area contributed by atoms with Gasteiger partial charge in [-0.3, -0.25) is 4.79 Å². The highest BCUT2D eigenvalue weighted by Crippen LogP contribution is 2.36. The summed E-state index contributed by atoms with van der Waals surface area (Å²) in [7, 11) is 1.54. The van der Waals surface area contributed by atoms with Gasteiger partial charge in [-0.05, 0) is 40.2 Å². The highest BCUT2D eigenvalue weighted by atomic mass is 79.9. The second-order valence-electron chi connectivity index (χ2n) is 4.09. The maximum absolute atomic E-state index is 13.7. The first-order valence-electron chi connectivity index (χ1n) is 5.86. The lowest BCUT2D eigenvalue weighted by Crippen LogP contribution is -2.15. The van der Waals surface area contributed by atoms with Gasteiger partial charge in [-0.15, -0.1) is 0 Å². The first-order valence-corrected chi connectivity index (χ1v) is 7.41. The molecule has 0 unspecified atom stereocenters. The van der Waals surface area contributed by atoms with Crippen molar-refractivity contribution in [2.45, 2.75) is 0 Å². The Morgan fingerprint density at radius 2 is 1.90 bits per heavy atom. The molecule has 7 heteroatoms. The van der Waals surface area contributed by atoms with Crippen LogP contribution < -0.4 is 10.6 Å². The molecule has 0 aliphatic carbocycles. The Balaban J connectivity index is 2.35. The fraction of sp³-hybridized carbons (Fsp3) is 0.0714. The largest absolute Gasteiger partial charge is 0.385 e. The fourth-order valence-electron chi connectivity index (χ4n) is 1.78. The van der Waals surface area contributed by atoms with Gasteiger partial charge in [0.25, 0.3) is 5.91 Å². The summed E-state index contributed by atoms with van der Waals surface area (Å²) < 4.78 is 14.3. The van der Waals surface area contributed by atoms with E-state index in [1.807, 2.05) is 0 Å². The van der Waals surface area contributed by atoms with Crippen LogP contribution in [-0.2, 0) is 0 Å². The molecule has 21 heavy (non-hydrogen) atoms. The molecule has 0 fully saturated rings. The van der Waals surface area contributed by atoms with E-state index in [0.29, 0.717) is 15.2 Å². The lowest BCUT2D eigenvalue weighted by Gasteiger charge is -2.12. The normalized spacial score (nSPS) is 10.3. The molecule has 0 aliphatic heterocycles. The third kappa shape index (κ3) is 3.31. The van der Waals surface area contributed by atoms with Crippen LogP contribution in [-0.4, -0.2) is 13.0 Å². The molecule has 0 heterocycles. The van der Waals surface area contributed by atoms with Crippen molar-refractivity contribution in [2.24, 2.45) is 0 Å². The standard InChI is InChI=1S/C14H10BrCl2FN2O/c1-19-13-7(3-2-4-9(13)18)14(21)20-10-6-5-8(15)11(16)12(10)17/h2-6,19H,1H3,(H,20,21). The number of nitrogens with one attached hydrogen (secondary N) is 2. The predicted octanol–water partition coefficient (Wildman–Crippen LogP) is 5.19. The quantitative estimate of drug-likeness (QED) is 0.707. The number of hydrogen-bond acceptors (Lipinski definition) is 2. The molecule has 3 nitrogen and oxygen atoms in total. The molecule has 0 bridgehead atoms.